The SMILES string of the molecule is O=S(=O)(N[C@H]1CCN(c2cccnn2)C[C@H]1CO[C@H]1CC[C@@H](c2cccc(F)c2)CC1)n1cccn1. The molecule has 3 aromatic rings. The molecule has 36 heavy (non-hydrogen) atoms. The molecule has 1 aliphatic carbocycles. The molecule has 0 unspecified atom stereocenters. The van der Waals surface area contributed by atoms with Gasteiger partial charge in [-0.05, 0) is 73.9 Å². The average Bonchev–Trinajstić information content (AvgIpc) is 3.45. The predicted octanol–water partition coefficient (Wildman–Crippen LogP) is 3.13. The van der Waals surface area contributed by atoms with E-state index in [1.165, 1.54) is 18.5 Å². The Hall–Kier alpha value is -2.89. The number of piperidine rings is 1. The lowest BCUT2D eigenvalue weighted by molar-refractivity contribution is -0.00219. The van der Waals surface area contributed by atoms with Crippen LogP contribution in [0.15, 0.2) is 61.1 Å². The van der Waals surface area contributed by atoms with Gasteiger partial charge in [-0.15, -0.1) is 5.10 Å². The Morgan fingerprint density at radius 1 is 1.06 bits per heavy atom. The van der Waals surface area contributed by atoms with Crippen LogP contribution in [0.1, 0.15) is 43.6 Å². The molecule has 1 aromatic carbocycles. The predicted molar refractivity (Wildman–Crippen MR) is 133 cm³/mol. The van der Waals surface area contributed by atoms with E-state index in [0.29, 0.717) is 32.0 Å². The van der Waals surface area contributed by atoms with Gasteiger partial charge in [-0.3, -0.25) is 0 Å². The van der Waals surface area contributed by atoms with Crippen molar-refractivity contribution in [2.45, 2.75) is 50.2 Å². The summed E-state index contributed by atoms with van der Waals surface area (Å²) >= 11 is 0. The Bertz CT molecular complexity index is 1220. The Morgan fingerprint density at radius 2 is 1.92 bits per heavy atom. The van der Waals surface area contributed by atoms with E-state index in [-0.39, 0.29) is 23.9 Å². The van der Waals surface area contributed by atoms with Crippen LogP contribution in [-0.2, 0) is 14.9 Å². The first-order valence-electron chi connectivity index (χ1n) is 12.4. The van der Waals surface area contributed by atoms with Gasteiger partial charge in [0.2, 0.25) is 0 Å². The van der Waals surface area contributed by atoms with Crippen molar-refractivity contribution in [3.05, 3.63) is 72.4 Å². The summed E-state index contributed by atoms with van der Waals surface area (Å²) in [5.74, 6) is 0.842. The summed E-state index contributed by atoms with van der Waals surface area (Å²) in [5.41, 5.74) is 1.05. The van der Waals surface area contributed by atoms with Crippen LogP contribution >= 0.6 is 0 Å². The molecule has 1 saturated carbocycles. The van der Waals surface area contributed by atoms with Crippen LogP contribution in [0.4, 0.5) is 10.2 Å². The largest absolute Gasteiger partial charge is 0.378 e. The van der Waals surface area contributed by atoms with E-state index >= 15 is 0 Å². The van der Waals surface area contributed by atoms with E-state index in [2.05, 4.69) is 24.9 Å². The van der Waals surface area contributed by atoms with Crippen molar-refractivity contribution in [3.63, 3.8) is 0 Å². The minimum Gasteiger partial charge on any atom is -0.378 e. The maximum Gasteiger partial charge on any atom is 0.320 e. The number of nitrogens with zero attached hydrogens (tertiary/aromatic N) is 5. The lowest BCUT2D eigenvalue weighted by Gasteiger charge is -2.39. The molecule has 192 valence electrons. The topological polar surface area (TPSA) is 102 Å². The maximum absolute atomic E-state index is 13.6. The summed E-state index contributed by atoms with van der Waals surface area (Å²) in [6.07, 6.45) is 8.88. The van der Waals surface area contributed by atoms with E-state index in [1.807, 2.05) is 18.2 Å². The number of rotatable bonds is 8. The molecule has 9 nitrogen and oxygen atoms in total. The van der Waals surface area contributed by atoms with E-state index in [1.54, 1.807) is 24.4 Å². The summed E-state index contributed by atoms with van der Waals surface area (Å²) in [6.45, 7) is 1.68. The van der Waals surface area contributed by atoms with Crippen LogP contribution in [-0.4, -0.2) is 59.6 Å². The van der Waals surface area contributed by atoms with Gasteiger partial charge in [0.25, 0.3) is 0 Å². The third-order valence-electron chi connectivity index (χ3n) is 7.18. The molecule has 3 heterocycles. The van der Waals surface area contributed by atoms with Gasteiger partial charge in [0.15, 0.2) is 5.82 Å². The molecular weight excluding hydrogens is 483 g/mol. The summed E-state index contributed by atoms with van der Waals surface area (Å²) in [4.78, 5) is 2.13. The zero-order valence-electron chi connectivity index (χ0n) is 20.0. The molecule has 0 bridgehead atoms. The van der Waals surface area contributed by atoms with Gasteiger partial charge in [-0.1, -0.05) is 12.1 Å². The van der Waals surface area contributed by atoms with Crippen LogP contribution in [0.25, 0.3) is 0 Å². The standard InChI is InChI=1S/C25H31FN6O3S/c26-22-5-1-4-20(16-22)19-7-9-23(10-8-19)35-18-21-17-31(25-6-2-12-27-29-25)15-11-24(21)30-36(33,34)32-14-3-13-28-32/h1-6,12-14,16,19,21,23-24,30H,7-11,15,17-18H2/t19-,21-,23+,24-/m0/s1. The zero-order chi connectivity index (χ0) is 25.0. The number of hydrogen-bond acceptors (Lipinski definition) is 7. The highest BCUT2D eigenvalue weighted by Gasteiger charge is 2.34. The minimum absolute atomic E-state index is 0.0768. The molecule has 2 aliphatic rings. The fourth-order valence-electron chi connectivity index (χ4n) is 5.25. The monoisotopic (exact) mass is 514 g/mol. The Morgan fingerprint density at radius 3 is 2.64 bits per heavy atom. The summed E-state index contributed by atoms with van der Waals surface area (Å²) in [7, 11) is -3.79. The van der Waals surface area contributed by atoms with Crippen molar-refractivity contribution in [3.8, 4) is 0 Å². The molecule has 1 aliphatic heterocycles. The molecular formula is C25H31FN6O3S. The number of aromatic nitrogens is 4. The molecule has 1 N–H and O–H groups in total. The maximum atomic E-state index is 13.6. The lowest BCUT2D eigenvalue weighted by atomic mass is 9.82. The second-order valence-corrected chi connectivity index (χ2v) is 11.1. The Kier molecular flexibility index (Phi) is 7.59. The zero-order valence-corrected chi connectivity index (χ0v) is 20.8. The number of halogens is 1. The van der Waals surface area contributed by atoms with Crippen molar-refractivity contribution >= 4 is 16.0 Å². The number of ether oxygens (including phenoxy) is 1. The fraction of sp³-hybridized carbons (Fsp3) is 0.480. The Labute approximate surface area is 210 Å². The first-order chi connectivity index (χ1) is 17.5. The van der Waals surface area contributed by atoms with E-state index in [9.17, 15) is 12.8 Å². The highest BCUT2D eigenvalue weighted by Crippen LogP contribution is 2.35. The van der Waals surface area contributed by atoms with Crippen LogP contribution in [0.5, 0.6) is 0 Å². The van der Waals surface area contributed by atoms with Crippen LogP contribution in [0.3, 0.4) is 0 Å². The number of nitrogens with one attached hydrogen (secondary N) is 1. The van der Waals surface area contributed by atoms with E-state index < -0.39 is 10.2 Å². The number of benzene rings is 1. The molecule has 0 radical (unpaired) electrons. The summed E-state index contributed by atoms with van der Waals surface area (Å²) in [5, 5.41) is 12.1. The van der Waals surface area contributed by atoms with Crippen molar-refractivity contribution in [1.82, 2.24) is 24.1 Å². The highest BCUT2D eigenvalue weighted by molar-refractivity contribution is 7.87. The minimum atomic E-state index is -3.79. The van der Waals surface area contributed by atoms with Crippen LogP contribution in [0, 0.1) is 11.7 Å². The first-order valence-corrected chi connectivity index (χ1v) is 13.8. The van der Waals surface area contributed by atoms with Crippen LogP contribution < -0.4 is 9.62 Å². The van der Waals surface area contributed by atoms with E-state index in [0.717, 1.165) is 41.2 Å². The molecule has 2 atom stereocenters. The molecule has 2 fully saturated rings. The first kappa shape index (κ1) is 24.8. The molecule has 2 aromatic heterocycles. The highest BCUT2D eigenvalue weighted by atomic mass is 32.2. The quantitative estimate of drug-likeness (QED) is 0.493. The molecule has 0 amide bonds. The third kappa shape index (κ3) is 5.91. The van der Waals surface area contributed by atoms with Crippen molar-refractivity contribution in [2.24, 2.45) is 5.92 Å². The normalized spacial score (nSPS) is 25.1. The van der Waals surface area contributed by atoms with Gasteiger partial charge in [-0.2, -0.15) is 27.4 Å². The van der Waals surface area contributed by atoms with E-state index in [4.69, 9.17) is 4.74 Å². The van der Waals surface area contributed by atoms with Gasteiger partial charge in [-0.25, -0.2) is 4.39 Å². The Balaban J connectivity index is 1.22. The van der Waals surface area contributed by atoms with Crippen molar-refractivity contribution in [1.29, 1.82) is 0 Å². The van der Waals surface area contributed by atoms with Crippen molar-refractivity contribution < 1.29 is 17.5 Å². The number of hydrogen-bond donors (Lipinski definition) is 1. The number of anilines is 1. The summed E-state index contributed by atoms with van der Waals surface area (Å²) in [6, 6.07) is 11.9. The second kappa shape index (κ2) is 11.0. The van der Waals surface area contributed by atoms with Gasteiger partial charge in [0, 0.05) is 37.4 Å². The molecule has 1 saturated heterocycles. The molecule has 0 spiro atoms. The lowest BCUT2D eigenvalue weighted by Crippen LogP contribution is -2.53. The molecule has 11 heteroatoms. The van der Waals surface area contributed by atoms with Crippen LogP contribution in [0.2, 0.25) is 0 Å². The average molecular weight is 515 g/mol. The summed E-state index contributed by atoms with van der Waals surface area (Å²) < 4.78 is 49.5. The van der Waals surface area contributed by atoms with Gasteiger partial charge in [0.05, 0.1) is 18.9 Å². The van der Waals surface area contributed by atoms with Gasteiger partial charge >= 0.3 is 10.2 Å². The smallest absolute Gasteiger partial charge is 0.320 e. The second-order valence-electron chi connectivity index (χ2n) is 9.55. The van der Waals surface area contributed by atoms with Gasteiger partial charge < -0.3 is 9.64 Å². The third-order valence-corrected chi connectivity index (χ3v) is 8.49. The molecule has 5 rings (SSSR count). The fourth-order valence-corrected chi connectivity index (χ4v) is 6.46. The van der Waals surface area contributed by atoms with Crippen molar-refractivity contribution in [2.75, 3.05) is 24.6 Å². The van der Waals surface area contributed by atoms with Gasteiger partial charge in [0.1, 0.15) is 5.82 Å².